The number of imidazole rings is 1. The van der Waals surface area contributed by atoms with Gasteiger partial charge in [-0.05, 0) is 41.1 Å². The molecule has 0 saturated carbocycles. The zero-order chi connectivity index (χ0) is 15.6. The molecule has 0 aliphatic carbocycles. The fraction of sp³-hybridized carbons (Fsp3) is 0.533. The molecule has 0 fully saturated rings. The normalized spacial score (nSPS) is 12.3. The largest absolute Gasteiger partial charge is 0.325 e. The van der Waals surface area contributed by atoms with Gasteiger partial charge in [-0.15, -0.1) is 11.6 Å². The van der Waals surface area contributed by atoms with E-state index in [4.69, 9.17) is 11.6 Å². The van der Waals surface area contributed by atoms with E-state index in [1.807, 2.05) is 11.8 Å². The van der Waals surface area contributed by atoms with Crippen LogP contribution in [0.3, 0.4) is 0 Å². The second-order valence-electron chi connectivity index (χ2n) is 5.10. The zero-order valence-electron chi connectivity index (χ0n) is 12.4. The smallest absolute Gasteiger partial charge is 0.139 e. The molecule has 2 rings (SSSR count). The predicted molar refractivity (Wildman–Crippen MR) is 93.8 cm³/mol. The summed E-state index contributed by atoms with van der Waals surface area (Å²) in [4.78, 5) is 4.55. The highest BCUT2D eigenvalue weighted by Crippen LogP contribution is 2.35. The van der Waals surface area contributed by atoms with Crippen molar-refractivity contribution in [2.24, 2.45) is 0 Å². The van der Waals surface area contributed by atoms with Gasteiger partial charge in [-0.25, -0.2) is 9.37 Å². The molecular formula is C15H19BrClFN2S. The van der Waals surface area contributed by atoms with E-state index in [0.29, 0.717) is 10.4 Å². The third-order valence-corrected chi connectivity index (χ3v) is 6.58. The van der Waals surface area contributed by atoms with E-state index in [-0.39, 0.29) is 10.6 Å². The van der Waals surface area contributed by atoms with Gasteiger partial charge in [-0.2, -0.15) is 11.8 Å². The molecule has 0 amide bonds. The van der Waals surface area contributed by atoms with E-state index in [1.54, 1.807) is 12.1 Å². The summed E-state index contributed by atoms with van der Waals surface area (Å²) in [7, 11) is 0. The molecule has 2 nitrogen and oxygen atoms in total. The van der Waals surface area contributed by atoms with E-state index < -0.39 is 0 Å². The maximum Gasteiger partial charge on any atom is 0.139 e. The maximum absolute atomic E-state index is 13.9. The summed E-state index contributed by atoms with van der Waals surface area (Å²) in [5.41, 5.74) is 1.59. The van der Waals surface area contributed by atoms with Crippen molar-refractivity contribution >= 4 is 50.3 Å². The van der Waals surface area contributed by atoms with Crippen LogP contribution >= 0.6 is 39.3 Å². The molecule has 0 unspecified atom stereocenters. The molecule has 116 valence electrons. The second-order valence-corrected chi connectivity index (χ2v) is 7.49. The molecule has 0 saturated heterocycles. The van der Waals surface area contributed by atoms with Crippen LogP contribution in [-0.4, -0.2) is 20.6 Å². The summed E-state index contributed by atoms with van der Waals surface area (Å²) >= 11 is 11.1. The van der Waals surface area contributed by atoms with Crippen LogP contribution in [-0.2, 0) is 12.4 Å². The number of nitrogens with zero attached hydrogens (tertiary/aromatic N) is 2. The fourth-order valence-corrected chi connectivity index (χ4v) is 3.93. The molecule has 0 aliphatic rings. The van der Waals surface area contributed by atoms with Crippen molar-refractivity contribution in [3.05, 3.63) is 28.2 Å². The van der Waals surface area contributed by atoms with Crippen molar-refractivity contribution in [1.29, 1.82) is 0 Å². The van der Waals surface area contributed by atoms with Crippen molar-refractivity contribution in [2.45, 2.75) is 43.9 Å². The summed E-state index contributed by atoms with van der Waals surface area (Å²) in [5, 5.41) is 0. The Labute approximate surface area is 142 Å². The molecule has 0 aliphatic heterocycles. The Balaban J connectivity index is 2.58. The second kappa shape index (κ2) is 6.88. The standard InChI is InChI=1S/C15H19BrClFN2S/c1-4-15(5-2,21-3)9-20-13-7-11(18)10(16)6-12(13)19-14(20)8-17/h6-7H,4-5,8-9H2,1-3H3. The molecule has 2 aromatic rings. The van der Waals surface area contributed by atoms with Gasteiger partial charge in [-0.1, -0.05) is 13.8 Å². The Bertz CT molecular complexity index is 632. The van der Waals surface area contributed by atoms with E-state index >= 15 is 0 Å². The summed E-state index contributed by atoms with van der Waals surface area (Å²) in [5.74, 6) is 0.850. The molecule has 0 N–H and O–H groups in total. The van der Waals surface area contributed by atoms with E-state index in [9.17, 15) is 4.39 Å². The minimum atomic E-state index is -0.271. The Kier molecular flexibility index (Phi) is 5.60. The Morgan fingerprint density at radius 1 is 1.38 bits per heavy atom. The SMILES string of the molecule is CCC(CC)(Cn1c(CCl)nc2cc(Br)c(F)cc21)SC. The molecule has 1 heterocycles. The van der Waals surface area contributed by atoms with Gasteiger partial charge in [0, 0.05) is 17.4 Å². The van der Waals surface area contributed by atoms with Crippen molar-refractivity contribution in [3.63, 3.8) is 0 Å². The molecule has 6 heteroatoms. The van der Waals surface area contributed by atoms with E-state index in [0.717, 1.165) is 36.2 Å². The first-order chi connectivity index (χ1) is 10.00. The summed E-state index contributed by atoms with van der Waals surface area (Å²) in [6.07, 6.45) is 4.22. The van der Waals surface area contributed by atoms with Crippen LogP contribution in [0.2, 0.25) is 0 Å². The van der Waals surface area contributed by atoms with Gasteiger partial charge in [-0.3, -0.25) is 0 Å². The molecular weight excluding hydrogens is 375 g/mol. The lowest BCUT2D eigenvalue weighted by molar-refractivity contribution is 0.466. The first-order valence-electron chi connectivity index (χ1n) is 6.95. The average Bonchev–Trinajstić information content (AvgIpc) is 2.82. The number of hydrogen-bond donors (Lipinski definition) is 0. The molecule has 0 radical (unpaired) electrons. The van der Waals surface area contributed by atoms with Crippen molar-refractivity contribution in [2.75, 3.05) is 6.26 Å². The highest BCUT2D eigenvalue weighted by atomic mass is 79.9. The summed E-state index contributed by atoms with van der Waals surface area (Å²) in [6, 6.07) is 3.26. The predicted octanol–water partition coefficient (Wildman–Crippen LogP) is 5.60. The van der Waals surface area contributed by atoms with Gasteiger partial charge in [0.05, 0.1) is 21.4 Å². The number of rotatable bonds is 6. The van der Waals surface area contributed by atoms with Gasteiger partial charge in [0.25, 0.3) is 0 Å². The molecule has 1 aromatic heterocycles. The first kappa shape index (κ1) is 17.1. The highest BCUT2D eigenvalue weighted by Gasteiger charge is 2.27. The quantitative estimate of drug-likeness (QED) is 0.595. The molecule has 21 heavy (non-hydrogen) atoms. The van der Waals surface area contributed by atoms with Gasteiger partial charge in [0.2, 0.25) is 0 Å². The van der Waals surface area contributed by atoms with Crippen LogP contribution in [0, 0.1) is 5.82 Å². The number of benzene rings is 1. The topological polar surface area (TPSA) is 17.8 Å². The van der Waals surface area contributed by atoms with Crippen LogP contribution in [0.15, 0.2) is 16.6 Å². The Hall–Kier alpha value is -0.260. The van der Waals surface area contributed by atoms with Crippen LogP contribution in [0.5, 0.6) is 0 Å². The molecule has 1 aromatic carbocycles. The van der Waals surface area contributed by atoms with E-state index in [1.165, 1.54) is 0 Å². The van der Waals surface area contributed by atoms with Gasteiger partial charge in [0.15, 0.2) is 0 Å². The monoisotopic (exact) mass is 392 g/mol. The van der Waals surface area contributed by atoms with Crippen LogP contribution in [0.1, 0.15) is 32.5 Å². The zero-order valence-corrected chi connectivity index (χ0v) is 15.6. The Morgan fingerprint density at radius 2 is 2.05 bits per heavy atom. The van der Waals surface area contributed by atoms with Crippen LogP contribution in [0.25, 0.3) is 11.0 Å². The number of halogens is 3. The minimum Gasteiger partial charge on any atom is -0.325 e. The van der Waals surface area contributed by atoms with E-state index in [2.05, 4.69) is 45.6 Å². The summed E-state index contributed by atoms with van der Waals surface area (Å²) in [6.45, 7) is 5.17. The maximum atomic E-state index is 13.9. The number of thioether (sulfide) groups is 1. The number of aromatic nitrogens is 2. The number of hydrogen-bond acceptors (Lipinski definition) is 2. The third kappa shape index (κ3) is 3.25. The first-order valence-corrected chi connectivity index (χ1v) is 9.50. The Morgan fingerprint density at radius 3 is 2.57 bits per heavy atom. The molecule has 0 spiro atoms. The lowest BCUT2D eigenvalue weighted by Gasteiger charge is -2.31. The minimum absolute atomic E-state index is 0.123. The summed E-state index contributed by atoms with van der Waals surface area (Å²) < 4.78 is 16.5. The number of fused-ring (bicyclic) bond motifs is 1. The van der Waals surface area contributed by atoms with Gasteiger partial charge < -0.3 is 4.57 Å². The number of alkyl halides is 1. The van der Waals surface area contributed by atoms with Crippen LogP contribution < -0.4 is 0 Å². The van der Waals surface area contributed by atoms with Gasteiger partial charge >= 0.3 is 0 Å². The van der Waals surface area contributed by atoms with Crippen molar-refractivity contribution in [1.82, 2.24) is 9.55 Å². The lowest BCUT2D eigenvalue weighted by Crippen LogP contribution is -2.29. The lowest BCUT2D eigenvalue weighted by atomic mass is 10.0. The fourth-order valence-electron chi connectivity index (χ4n) is 2.56. The highest BCUT2D eigenvalue weighted by molar-refractivity contribution is 9.10. The van der Waals surface area contributed by atoms with Crippen molar-refractivity contribution < 1.29 is 4.39 Å². The third-order valence-electron chi connectivity index (χ3n) is 4.16. The van der Waals surface area contributed by atoms with Gasteiger partial charge in [0.1, 0.15) is 11.6 Å². The van der Waals surface area contributed by atoms with Crippen molar-refractivity contribution in [3.8, 4) is 0 Å². The molecule has 0 bridgehead atoms. The molecule has 0 atom stereocenters. The van der Waals surface area contributed by atoms with Crippen LogP contribution in [0.4, 0.5) is 4.39 Å². The average molecular weight is 394 g/mol.